The number of aromatic nitrogens is 5. The number of aryl methyl sites for hydroxylation is 1. The van der Waals surface area contributed by atoms with Crippen molar-refractivity contribution in [1.82, 2.24) is 24.5 Å². The van der Waals surface area contributed by atoms with Crippen molar-refractivity contribution in [2.45, 2.75) is 26.8 Å². The number of imidazole rings is 1. The number of nitrogens with zero attached hydrogens (tertiary/aromatic N) is 6. The fourth-order valence-electron chi connectivity index (χ4n) is 1.99. The summed E-state index contributed by atoms with van der Waals surface area (Å²) in [5.74, 6) is 1.38. The van der Waals surface area contributed by atoms with Crippen molar-refractivity contribution in [3.8, 4) is 0 Å². The molecule has 0 atom stereocenters. The van der Waals surface area contributed by atoms with E-state index in [9.17, 15) is 0 Å². The summed E-state index contributed by atoms with van der Waals surface area (Å²) in [6.45, 7) is 7.44. The van der Waals surface area contributed by atoms with Gasteiger partial charge < -0.3 is 20.5 Å². The summed E-state index contributed by atoms with van der Waals surface area (Å²) in [6.07, 6.45) is 6.47. The topological polar surface area (TPSA) is 97.8 Å². The lowest BCUT2D eigenvalue weighted by Crippen LogP contribution is -2.25. The second-order valence-corrected chi connectivity index (χ2v) is 4.57. The van der Waals surface area contributed by atoms with Crippen LogP contribution in [0.5, 0.6) is 0 Å². The average molecular weight is 290 g/mol. The number of nitrogens with two attached hydrogens (primary N) is 1. The van der Waals surface area contributed by atoms with Gasteiger partial charge in [0.1, 0.15) is 0 Å². The van der Waals surface area contributed by atoms with Gasteiger partial charge in [-0.25, -0.2) is 4.98 Å². The molecule has 0 bridgehead atoms. The minimum Gasteiger partial charge on any atom is -0.368 e. The van der Waals surface area contributed by atoms with Gasteiger partial charge in [-0.3, -0.25) is 0 Å². The summed E-state index contributed by atoms with van der Waals surface area (Å²) in [5, 5.41) is 3.19. The monoisotopic (exact) mass is 290 g/mol. The Morgan fingerprint density at radius 1 is 1.24 bits per heavy atom. The smallest absolute Gasteiger partial charge is 0.231 e. The SMILES string of the molecule is CCN(CC)c1nc(N)nc(NCCCn2ccnc2)n1. The molecule has 2 rings (SSSR count). The van der Waals surface area contributed by atoms with Gasteiger partial charge in [0.25, 0.3) is 0 Å². The van der Waals surface area contributed by atoms with Crippen molar-refractivity contribution in [2.24, 2.45) is 0 Å². The summed E-state index contributed by atoms with van der Waals surface area (Å²) in [5.41, 5.74) is 5.75. The number of hydrogen-bond donors (Lipinski definition) is 2. The summed E-state index contributed by atoms with van der Waals surface area (Å²) >= 11 is 0. The molecule has 114 valence electrons. The van der Waals surface area contributed by atoms with E-state index >= 15 is 0 Å². The van der Waals surface area contributed by atoms with Crippen LogP contribution in [0.2, 0.25) is 0 Å². The van der Waals surface area contributed by atoms with Crippen molar-refractivity contribution in [3.63, 3.8) is 0 Å². The quantitative estimate of drug-likeness (QED) is 0.700. The molecule has 0 unspecified atom stereocenters. The first kappa shape index (κ1) is 15.0. The van der Waals surface area contributed by atoms with E-state index < -0.39 is 0 Å². The van der Waals surface area contributed by atoms with E-state index in [1.165, 1.54) is 0 Å². The van der Waals surface area contributed by atoms with Crippen molar-refractivity contribution in [3.05, 3.63) is 18.7 Å². The van der Waals surface area contributed by atoms with Crippen LogP contribution in [-0.4, -0.2) is 44.1 Å². The lowest BCUT2D eigenvalue weighted by atomic mass is 10.4. The van der Waals surface area contributed by atoms with E-state index in [0.29, 0.717) is 11.9 Å². The predicted octanol–water partition coefficient (Wildman–Crippen LogP) is 0.999. The molecular weight excluding hydrogens is 268 g/mol. The van der Waals surface area contributed by atoms with Crippen molar-refractivity contribution >= 4 is 17.8 Å². The minimum absolute atomic E-state index is 0.240. The first-order chi connectivity index (χ1) is 10.2. The highest BCUT2D eigenvalue weighted by atomic mass is 15.3. The van der Waals surface area contributed by atoms with E-state index in [1.54, 1.807) is 12.5 Å². The average Bonchev–Trinajstić information content (AvgIpc) is 2.98. The van der Waals surface area contributed by atoms with Crippen LogP contribution in [0.15, 0.2) is 18.7 Å². The molecule has 0 fully saturated rings. The van der Waals surface area contributed by atoms with Crippen LogP contribution in [0.25, 0.3) is 0 Å². The molecule has 0 aliphatic carbocycles. The Kier molecular flexibility index (Phi) is 5.30. The van der Waals surface area contributed by atoms with Crippen LogP contribution >= 0.6 is 0 Å². The number of nitrogen functional groups attached to an aromatic ring is 1. The molecule has 0 aliphatic rings. The second-order valence-electron chi connectivity index (χ2n) is 4.57. The van der Waals surface area contributed by atoms with Gasteiger partial charge in [-0.05, 0) is 20.3 Å². The van der Waals surface area contributed by atoms with Crippen molar-refractivity contribution in [2.75, 3.05) is 35.6 Å². The van der Waals surface area contributed by atoms with Crippen LogP contribution in [0.4, 0.5) is 17.8 Å². The third kappa shape index (κ3) is 4.30. The maximum Gasteiger partial charge on any atom is 0.231 e. The zero-order valence-corrected chi connectivity index (χ0v) is 12.5. The van der Waals surface area contributed by atoms with Crippen molar-refractivity contribution in [1.29, 1.82) is 0 Å². The van der Waals surface area contributed by atoms with Crippen LogP contribution in [0.3, 0.4) is 0 Å². The number of nitrogens with one attached hydrogen (secondary N) is 1. The number of hydrogen-bond acceptors (Lipinski definition) is 7. The Morgan fingerprint density at radius 2 is 2.05 bits per heavy atom. The molecule has 0 saturated heterocycles. The molecular formula is C13H22N8. The molecule has 2 heterocycles. The Balaban J connectivity index is 1.90. The maximum atomic E-state index is 5.75. The Bertz CT molecular complexity index is 535. The second kappa shape index (κ2) is 7.41. The lowest BCUT2D eigenvalue weighted by Gasteiger charge is -2.19. The van der Waals surface area contributed by atoms with E-state index in [4.69, 9.17) is 5.73 Å². The molecule has 3 N–H and O–H groups in total. The van der Waals surface area contributed by atoms with Crippen molar-refractivity contribution < 1.29 is 0 Å². The minimum atomic E-state index is 0.240. The third-order valence-corrected chi connectivity index (χ3v) is 3.12. The normalized spacial score (nSPS) is 10.6. The summed E-state index contributed by atoms with van der Waals surface area (Å²) in [7, 11) is 0. The highest BCUT2D eigenvalue weighted by molar-refractivity contribution is 5.41. The van der Waals surface area contributed by atoms with Gasteiger partial charge in [-0.15, -0.1) is 0 Å². The number of rotatable bonds is 8. The maximum absolute atomic E-state index is 5.75. The van der Waals surface area contributed by atoms with Gasteiger partial charge in [0.15, 0.2) is 0 Å². The van der Waals surface area contributed by atoms with Gasteiger partial charge in [0.2, 0.25) is 17.8 Å². The largest absolute Gasteiger partial charge is 0.368 e. The first-order valence-corrected chi connectivity index (χ1v) is 7.19. The fourth-order valence-corrected chi connectivity index (χ4v) is 1.99. The van der Waals surface area contributed by atoms with Gasteiger partial charge in [0.05, 0.1) is 6.33 Å². The van der Waals surface area contributed by atoms with Crippen LogP contribution in [0.1, 0.15) is 20.3 Å². The van der Waals surface area contributed by atoms with Crippen LogP contribution in [0, 0.1) is 0 Å². The predicted molar refractivity (Wildman–Crippen MR) is 83.1 cm³/mol. The molecule has 0 saturated carbocycles. The van der Waals surface area contributed by atoms with E-state index in [2.05, 4.69) is 39.1 Å². The molecule has 0 spiro atoms. The van der Waals surface area contributed by atoms with Crippen LogP contribution in [-0.2, 0) is 6.54 Å². The molecule has 2 aromatic heterocycles. The molecule has 8 nitrogen and oxygen atoms in total. The lowest BCUT2D eigenvalue weighted by molar-refractivity contribution is 0.659. The molecule has 0 aliphatic heterocycles. The van der Waals surface area contributed by atoms with Crippen LogP contribution < -0.4 is 16.0 Å². The Morgan fingerprint density at radius 3 is 2.71 bits per heavy atom. The zero-order chi connectivity index (χ0) is 15.1. The standard InChI is InChI=1S/C13H22N8/c1-3-21(4-2)13-18-11(14)17-12(19-13)16-6-5-8-20-9-7-15-10-20/h7,9-10H,3-6,8H2,1-2H3,(H3,14,16,17,18,19). The summed E-state index contributed by atoms with van der Waals surface area (Å²) in [4.78, 5) is 18.7. The molecule has 2 aromatic rings. The van der Waals surface area contributed by atoms with Gasteiger partial charge >= 0.3 is 0 Å². The highest BCUT2D eigenvalue weighted by Gasteiger charge is 2.09. The van der Waals surface area contributed by atoms with E-state index in [0.717, 1.165) is 32.6 Å². The summed E-state index contributed by atoms with van der Waals surface area (Å²) in [6, 6.07) is 0. The molecule has 0 radical (unpaired) electrons. The van der Waals surface area contributed by atoms with Gasteiger partial charge in [-0.1, -0.05) is 0 Å². The van der Waals surface area contributed by atoms with Gasteiger partial charge in [0, 0.05) is 38.6 Å². The highest BCUT2D eigenvalue weighted by Crippen LogP contribution is 2.11. The number of anilines is 3. The third-order valence-electron chi connectivity index (χ3n) is 3.12. The molecule has 8 heteroatoms. The fraction of sp³-hybridized carbons (Fsp3) is 0.538. The summed E-state index contributed by atoms with van der Waals surface area (Å²) < 4.78 is 2.03. The molecule has 0 aromatic carbocycles. The first-order valence-electron chi connectivity index (χ1n) is 7.19. The van der Waals surface area contributed by atoms with E-state index in [-0.39, 0.29) is 5.95 Å². The zero-order valence-electron chi connectivity index (χ0n) is 12.5. The Hall–Kier alpha value is -2.38. The Labute approximate surface area is 124 Å². The van der Waals surface area contributed by atoms with Gasteiger partial charge in [-0.2, -0.15) is 15.0 Å². The molecule has 0 amide bonds. The molecule has 21 heavy (non-hydrogen) atoms. The van der Waals surface area contributed by atoms with E-state index in [1.807, 2.05) is 15.7 Å².